The Hall–Kier alpha value is -2.31. The standard InChI is InChI=1S/C14H10ClN3O2S/c15-10-3-1-2-4-11(10)16-14-18-17-13(21-14)9-6-5-8(19)7-12(9)20/h1-7,19-20H,(H,16,18). The predicted molar refractivity (Wildman–Crippen MR) is 83.4 cm³/mol. The Morgan fingerprint density at radius 1 is 1.05 bits per heavy atom. The van der Waals surface area contributed by atoms with Crippen molar-refractivity contribution in [3.63, 3.8) is 0 Å². The maximum atomic E-state index is 9.83. The highest BCUT2D eigenvalue weighted by Gasteiger charge is 2.12. The van der Waals surface area contributed by atoms with Crippen LogP contribution < -0.4 is 5.32 Å². The molecule has 2 aromatic carbocycles. The second-order valence-corrected chi connectivity index (χ2v) is 5.60. The summed E-state index contributed by atoms with van der Waals surface area (Å²) in [6, 6.07) is 11.6. The highest BCUT2D eigenvalue weighted by atomic mass is 35.5. The van der Waals surface area contributed by atoms with Crippen molar-refractivity contribution in [2.75, 3.05) is 5.32 Å². The molecule has 0 fully saturated rings. The molecule has 0 amide bonds. The molecule has 106 valence electrons. The molecule has 1 heterocycles. The Morgan fingerprint density at radius 3 is 2.62 bits per heavy atom. The van der Waals surface area contributed by atoms with E-state index in [0.29, 0.717) is 20.7 Å². The molecule has 0 unspecified atom stereocenters. The van der Waals surface area contributed by atoms with E-state index in [2.05, 4.69) is 15.5 Å². The number of hydrogen-bond acceptors (Lipinski definition) is 6. The third kappa shape index (κ3) is 2.91. The first-order chi connectivity index (χ1) is 10.1. The van der Waals surface area contributed by atoms with Crippen molar-refractivity contribution in [3.05, 3.63) is 47.5 Å². The minimum Gasteiger partial charge on any atom is -0.508 e. The number of hydrogen-bond donors (Lipinski definition) is 3. The molecular weight excluding hydrogens is 310 g/mol. The summed E-state index contributed by atoms with van der Waals surface area (Å²) in [5.41, 5.74) is 1.24. The Labute approximate surface area is 129 Å². The molecule has 1 aromatic heterocycles. The fourth-order valence-electron chi connectivity index (χ4n) is 1.76. The predicted octanol–water partition coefficient (Wildman–Crippen LogP) is 4.01. The minimum atomic E-state index is -0.0459. The molecule has 0 aliphatic carbocycles. The molecule has 3 N–H and O–H groups in total. The summed E-state index contributed by atoms with van der Waals surface area (Å²) in [5, 5.41) is 31.9. The number of nitrogens with one attached hydrogen (secondary N) is 1. The Bertz CT molecular complexity index is 791. The van der Waals surface area contributed by atoms with Crippen molar-refractivity contribution in [1.29, 1.82) is 0 Å². The van der Waals surface area contributed by atoms with E-state index in [9.17, 15) is 10.2 Å². The SMILES string of the molecule is Oc1ccc(-c2nnc(Nc3ccccc3Cl)s2)c(O)c1. The molecule has 21 heavy (non-hydrogen) atoms. The van der Waals surface area contributed by atoms with E-state index in [0.717, 1.165) is 5.69 Å². The lowest BCUT2D eigenvalue weighted by molar-refractivity contribution is 0.452. The zero-order valence-electron chi connectivity index (χ0n) is 10.6. The average molecular weight is 320 g/mol. The van der Waals surface area contributed by atoms with Gasteiger partial charge in [0.1, 0.15) is 11.5 Å². The molecule has 3 aromatic rings. The van der Waals surface area contributed by atoms with E-state index in [1.165, 1.54) is 23.5 Å². The fraction of sp³-hybridized carbons (Fsp3) is 0. The summed E-state index contributed by atoms with van der Waals surface area (Å²) in [7, 11) is 0. The monoisotopic (exact) mass is 319 g/mol. The lowest BCUT2D eigenvalue weighted by atomic mass is 10.2. The minimum absolute atomic E-state index is 0.00446. The second-order valence-electron chi connectivity index (χ2n) is 4.22. The van der Waals surface area contributed by atoms with E-state index in [1.807, 2.05) is 18.2 Å². The molecule has 0 saturated heterocycles. The van der Waals surface area contributed by atoms with E-state index >= 15 is 0 Å². The van der Waals surface area contributed by atoms with Gasteiger partial charge < -0.3 is 15.5 Å². The van der Waals surface area contributed by atoms with Gasteiger partial charge in [-0.25, -0.2) is 0 Å². The quantitative estimate of drug-likeness (QED) is 0.679. The van der Waals surface area contributed by atoms with Crippen molar-refractivity contribution in [2.45, 2.75) is 0 Å². The van der Waals surface area contributed by atoms with E-state index in [4.69, 9.17) is 11.6 Å². The zero-order valence-corrected chi connectivity index (χ0v) is 12.2. The Kier molecular flexibility index (Phi) is 3.64. The van der Waals surface area contributed by atoms with Gasteiger partial charge in [-0.05, 0) is 24.3 Å². The molecule has 0 aliphatic rings. The normalized spacial score (nSPS) is 10.5. The second kappa shape index (κ2) is 5.59. The van der Waals surface area contributed by atoms with Crippen LogP contribution in [0.4, 0.5) is 10.8 Å². The molecule has 0 spiro atoms. The number of rotatable bonds is 3. The first-order valence-electron chi connectivity index (χ1n) is 6.01. The van der Waals surface area contributed by atoms with Crippen LogP contribution in [0.25, 0.3) is 10.6 Å². The molecule has 0 radical (unpaired) electrons. The summed E-state index contributed by atoms with van der Waals surface area (Å²) in [6.07, 6.45) is 0. The van der Waals surface area contributed by atoms with Gasteiger partial charge in [-0.2, -0.15) is 0 Å². The van der Waals surface area contributed by atoms with Crippen molar-refractivity contribution >= 4 is 33.8 Å². The lowest BCUT2D eigenvalue weighted by Crippen LogP contribution is -1.89. The molecule has 0 aliphatic heterocycles. The third-order valence-corrected chi connectivity index (χ3v) is 3.95. The van der Waals surface area contributed by atoms with Gasteiger partial charge in [-0.15, -0.1) is 10.2 Å². The van der Waals surface area contributed by atoms with Crippen LogP contribution in [0.2, 0.25) is 5.02 Å². The van der Waals surface area contributed by atoms with Crippen LogP contribution in [-0.2, 0) is 0 Å². The zero-order chi connectivity index (χ0) is 14.8. The van der Waals surface area contributed by atoms with Crippen LogP contribution in [0.15, 0.2) is 42.5 Å². The van der Waals surface area contributed by atoms with Crippen LogP contribution in [0.1, 0.15) is 0 Å². The number of benzene rings is 2. The van der Waals surface area contributed by atoms with Gasteiger partial charge in [0.2, 0.25) is 5.13 Å². The Morgan fingerprint density at radius 2 is 1.86 bits per heavy atom. The van der Waals surface area contributed by atoms with Gasteiger partial charge in [0.25, 0.3) is 0 Å². The van der Waals surface area contributed by atoms with Crippen molar-refractivity contribution in [1.82, 2.24) is 10.2 Å². The highest BCUT2D eigenvalue weighted by molar-refractivity contribution is 7.18. The summed E-state index contributed by atoms with van der Waals surface area (Å²) in [4.78, 5) is 0. The van der Waals surface area contributed by atoms with E-state index in [1.54, 1.807) is 12.1 Å². The van der Waals surface area contributed by atoms with Crippen molar-refractivity contribution < 1.29 is 10.2 Å². The van der Waals surface area contributed by atoms with Crippen LogP contribution in [0.5, 0.6) is 11.5 Å². The van der Waals surface area contributed by atoms with Crippen LogP contribution >= 0.6 is 22.9 Å². The number of halogens is 1. The first kappa shape index (κ1) is 13.7. The van der Waals surface area contributed by atoms with Gasteiger partial charge in [-0.1, -0.05) is 35.1 Å². The van der Waals surface area contributed by atoms with Gasteiger partial charge in [0.15, 0.2) is 5.01 Å². The van der Waals surface area contributed by atoms with E-state index in [-0.39, 0.29) is 11.5 Å². The van der Waals surface area contributed by atoms with Crippen molar-refractivity contribution in [3.8, 4) is 22.1 Å². The fourth-order valence-corrected chi connectivity index (χ4v) is 2.73. The third-order valence-electron chi connectivity index (χ3n) is 2.75. The smallest absolute Gasteiger partial charge is 0.210 e. The lowest BCUT2D eigenvalue weighted by Gasteiger charge is -2.03. The molecule has 0 saturated carbocycles. The summed E-state index contributed by atoms with van der Waals surface area (Å²) < 4.78 is 0. The summed E-state index contributed by atoms with van der Waals surface area (Å²) in [5.74, 6) is -0.0503. The number of nitrogens with zero attached hydrogens (tertiary/aromatic N) is 2. The van der Waals surface area contributed by atoms with Crippen LogP contribution in [0, 0.1) is 0 Å². The number of phenols is 2. The maximum absolute atomic E-state index is 9.83. The maximum Gasteiger partial charge on any atom is 0.210 e. The summed E-state index contributed by atoms with van der Waals surface area (Å²) >= 11 is 7.34. The molecule has 0 atom stereocenters. The number of anilines is 2. The molecule has 7 heteroatoms. The molecule has 5 nitrogen and oxygen atoms in total. The number of aromatic hydroxyl groups is 2. The van der Waals surface area contributed by atoms with Gasteiger partial charge in [0, 0.05) is 6.07 Å². The molecule has 0 bridgehead atoms. The Balaban J connectivity index is 1.88. The first-order valence-corrected chi connectivity index (χ1v) is 7.20. The number of aromatic nitrogens is 2. The largest absolute Gasteiger partial charge is 0.508 e. The van der Waals surface area contributed by atoms with Crippen LogP contribution in [0.3, 0.4) is 0 Å². The van der Waals surface area contributed by atoms with Crippen LogP contribution in [-0.4, -0.2) is 20.4 Å². The average Bonchev–Trinajstić information content (AvgIpc) is 2.90. The van der Waals surface area contributed by atoms with Gasteiger partial charge in [0.05, 0.1) is 16.3 Å². The summed E-state index contributed by atoms with van der Waals surface area (Å²) in [6.45, 7) is 0. The van der Waals surface area contributed by atoms with Gasteiger partial charge in [-0.3, -0.25) is 0 Å². The van der Waals surface area contributed by atoms with E-state index < -0.39 is 0 Å². The van der Waals surface area contributed by atoms with Gasteiger partial charge >= 0.3 is 0 Å². The highest BCUT2D eigenvalue weighted by Crippen LogP contribution is 2.36. The number of phenolic OH excluding ortho intramolecular Hbond substituents is 2. The molecule has 3 rings (SSSR count). The van der Waals surface area contributed by atoms with Crippen molar-refractivity contribution in [2.24, 2.45) is 0 Å². The topological polar surface area (TPSA) is 78.3 Å². The molecular formula is C14H10ClN3O2S. The number of para-hydroxylation sites is 1.